The van der Waals surface area contributed by atoms with Crippen LogP contribution in [0.15, 0.2) is 42.7 Å². The molecule has 1 aromatic carbocycles. The van der Waals surface area contributed by atoms with Crippen molar-refractivity contribution in [1.29, 1.82) is 0 Å². The van der Waals surface area contributed by atoms with E-state index in [0.717, 1.165) is 57.9 Å². The van der Waals surface area contributed by atoms with Crippen LogP contribution >= 0.6 is 11.3 Å². The van der Waals surface area contributed by atoms with Gasteiger partial charge in [-0.1, -0.05) is 31.4 Å². The SMILES string of the molecule is C1CC1.Cc1nc(NCc2ccc(C(F)(F)F)cc2)nc(NC2CCC(CO)C2)c1-c1nc2cnccc2s1. The van der Waals surface area contributed by atoms with E-state index in [9.17, 15) is 18.3 Å². The van der Waals surface area contributed by atoms with Crippen LogP contribution in [0.1, 0.15) is 55.3 Å². The fourth-order valence-corrected chi connectivity index (χ4v) is 5.49. The van der Waals surface area contributed by atoms with Crippen LogP contribution in [-0.2, 0) is 12.7 Å². The van der Waals surface area contributed by atoms with Gasteiger partial charge < -0.3 is 15.7 Å². The highest BCUT2D eigenvalue weighted by atomic mass is 32.1. The average Bonchev–Trinajstić information content (AvgIpc) is 3.63. The Labute approximate surface area is 229 Å². The van der Waals surface area contributed by atoms with Crippen molar-refractivity contribution in [3.8, 4) is 10.6 Å². The second kappa shape index (κ2) is 11.8. The number of rotatable bonds is 7. The fourth-order valence-electron chi connectivity index (χ4n) is 4.46. The highest BCUT2D eigenvalue weighted by molar-refractivity contribution is 7.21. The standard InChI is InChI=1S/C25H25F3N6OS.C3H6/c1-14-21(23-33-19-12-29-9-8-20(19)36-23)22(32-18-7-4-16(10-18)13-35)34-24(31-14)30-11-15-2-5-17(6-3-15)25(26,27)28;1-2-3-1/h2-3,5-6,8-9,12,16,18,35H,4,7,10-11,13H2,1H3,(H2,30,31,32,34);1-3H2. The first-order valence-electron chi connectivity index (χ1n) is 13.2. The van der Waals surface area contributed by atoms with Gasteiger partial charge in [0, 0.05) is 25.4 Å². The Morgan fingerprint density at radius 1 is 1.03 bits per heavy atom. The van der Waals surface area contributed by atoms with E-state index < -0.39 is 11.7 Å². The van der Waals surface area contributed by atoms with Crippen LogP contribution in [0.4, 0.5) is 24.9 Å². The number of hydrogen-bond acceptors (Lipinski definition) is 8. The van der Waals surface area contributed by atoms with Crippen molar-refractivity contribution >= 4 is 33.3 Å². The van der Waals surface area contributed by atoms with Gasteiger partial charge in [-0.2, -0.15) is 18.2 Å². The van der Waals surface area contributed by atoms with E-state index in [1.54, 1.807) is 12.4 Å². The first kappa shape index (κ1) is 27.3. The molecule has 2 aliphatic rings. The zero-order chi connectivity index (χ0) is 27.4. The number of thiazole rings is 1. The summed E-state index contributed by atoms with van der Waals surface area (Å²) in [6.07, 6.45) is 6.30. The van der Waals surface area contributed by atoms with Gasteiger partial charge in [0.15, 0.2) is 0 Å². The van der Waals surface area contributed by atoms with E-state index in [4.69, 9.17) is 9.97 Å². The highest BCUT2D eigenvalue weighted by Gasteiger charge is 2.30. The lowest BCUT2D eigenvalue weighted by molar-refractivity contribution is -0.137. The van der Waals surface area contributed by atoms with Gasteiger partial charge in [0.05, 0.1) is 27.7 Å². The average molecular weight is 557 g/mol. The third-order valence-corrected chi connectivity index (χ3v) is 7.77. The van der Waals surface area contributed by atoms with E-state index in [2.05, 4.69) is 20.6 Å². The molecule has 39 heavy (non-hydrogen) atoms. The summed E-state index contributed by atoms with van der Waals surface area (Å²) in [6.45, 7) is 2.33. The lowest BCUT2D eigenvalue weighted by Gasteiger charge is -2.18. The van der Waals surface area contributed by atoms with E-state index in [0.29, 0.717) is 17.3 Å². The molecule has 0 amide bonds. The van der Waals surface area contributed by atoms with Crippen LogP contribution in [0.25, 0.3) is 20.8 Å². The van der Waals surface area contributed by atoms with Crippen LogP contribution in [-0.4, -0.2) is 37.7 Å². The molecule has 4 aromatic rings. The summed E-state index contributed by atoms with van der Waals surface area (Å²) in [5, 5.41) is 17.0. The minimum Gasteiger partial charge on any atom is -0.396 e. The topological polar surface area (TPSA) is 95.9 Å². The molecule has 2 atom stereocenters. The predicted molar refractivity (Wildman–Crippen MR) is 148 cm³/mol. The third-order valence-electron chi connectivity index (χ3n) is 6.72. The van der Waals surface area contributed by atoms with E-state index in [1.165, 1.54) is 42.7 Å². The van der Waals surface area contributed by atoms with Crippen molar-refractivity contribution in [3.63, 3.8) is 0 Å². The fraction of sp³-hybridized carbons (Fsp3) is 0.429. The number of nitrogens with zero attached hydrogens (tertiary/aromatic N) is 4. The molecule has 6 rings (SSSR count). The molecule has 0 spiro atoms. The molecular formula is C28H31F3N6OS. The van der Waals surface area contributed by atoms with Crippen molar-refractivity contribution in [2.24, 2.45) is 5.92 Å². The number of alkyl halides is 3. The second-order valence-electron chi connectivity index (χ2n) is 10.0. The zero-order valence-electron chi connectivity index (χ0n) is 21.6. The summed E-state index contributed by atoms with van der Waals surface area (Å²) in [7, 11) is 0. The number of aromatic nitrogens is 4. The number of aryl methyl sites for hydroxylation is 1. The molecule has 2 unspecified atom stereocenters. The first-order chi connectivity index (χ1) is 18.8. The molecule has 3 heterocycles. The number of hydrogen-bond donors (Lipinski definition) is 3. The Morgan fingerprint density at radius 3 is 2.44 bits per heavy atom. The Balaban J connectivity index is 0.000000962. The van der Waals surface area contributed by atoms with Gasteiger partial charge in [-0.3, -0.25) is 4.98 Å². The maximum Gasteiger partial charge on any atom is 0.416 e. The quantitative estimate of drug-likeness (QED) is 0.230. The normalized spacial score (nSPS) is 18.5. The number of nitrogens with one attached hydrogen (secondary N) is 2. The Kier molecular flexibility index (Phi) is 8.27. The maximum absolute atomic E-state index is 12.9. The Bertz CT molecular complexity index is 1370. The number of anilines is 2. The van der Waals surface area contributed by atoms with Crippen molar-refractivity contribution < 1.29 is 18.3 Å². The van der Waals surface area contributed by atoms with Gasteiger partial charge in [-0.25, -0.2) is 9.97 Å². The molecule has 2 aliphatic carbocycles. The summed E-state index contributed by atoms with van der Waals surface area (Å²) < 4.78 is 39.6. The molecule has 7 nitrogen and oxygen atoms in total. The summed E-state index contributed by atoms with van der Waals surface area (Å²) in [4.78, 5) is 18.3. The molecule has 3 aromatic heterocycles. The van der Waals surface area contributed by atoms with Crippen LogP contribution in [0.3, 0.4) is 0 Å². The molecule has 2 fully saturated rings. The van der Waals surface area contributed by atoms with Crippen LogP contribution in [0.5, 0.6) is 0 Å². The van der Waals surface area contributed by atoms with Gasteiger partial charge in [-0.15, -0.1) is 11.3 Å². The van der Waals surface area contributed by atoms with Gasteiger partial charge >= 0.3 is 6.18 Å². The molecule has 2 saturated carbocycles. The molecule has 0 aliphatic heterocycles. The van der Waals surface area contributed by atoms with E-state index >= 15 is 0 Å². The van der Waals surface area contributed by atoms with E-state index in [-0.39, 0.29) is 25.1 Å². The number of aliphatic hydroxyl groups is 1. The minimum atomic E-state index is -4.37. The summed E-state index contributed by atoms with van der Waals surface area (Å²) in [5.74, 6) is 1.28. The molecule has 3 N–H and O–H groups in total. The van der Waals surface area contributed by atoms with Crippen LogP contribution in [0, 0.1) is 12.8 Å². The number of benzene rings is 1. The van der Waals surface area contributed by atoms with Crippen LogP contribution < -0.4 is 10.6 Å². The molecule has 11 heteroatoms. The largest absolute Gasteiger partial charge is 0.416 e. The van der Waals surface area contributed by atoms with Gasteiger partial charge in [-0.05, 0) is 55.9 Å². The zero-order valence-corrected chi connectivity index (χ0v) is 22.4. The van der Waals surface area contributed by atoms with Crippen molar-refractivity contribution in [2.75, 3.05) is 17.2 Å². The van der Waals surface area contributed by atoms with Gasteiger partial charge in [0.25, 0.3) is 0 Å². The van der Waals surface area contributed by atoms with Crippen LogP contribution in [0.2, 0.25) is 0 Å². The molecule has 206 valence electrons. The predicted octanol–water partition coefficient (Wildman–Crippen LogP) is 6.83. The minimum absolute atomic E-state index is 0.161. The highest BCUT2D eigenvalue weighted by Crippen LogP contribution is 2.38. The number of aliphatic hydroxyl groups excluding tert-OH is 1. The maximum atomic E-state index is 12.9. The number of halogens is 3. The smallest absolute Gasteiger partial charge is 0.396 e. The van der Waals surface area contributed by atoms with Gasteiger partial charge in [0.1, 0.15) is 16.3 Å². The Morgan fingerprint density at radius 2 is 1.79 bits per heavy atom. The van der Waals surface area contributed by atoms with Crippen molar-refractivity contribution in [1.82, 2.24) is 19.9 Å². The number of fused-ring (bicyclic) bond motifs is 1. The first-order valence-corrected chi connectivity index (χ1v) is 14.0. The lowest BCUT2D eigenvalue weighted by Crippen LogP contribution is -2.19. The number of pyridine rings is 1. The molecule has 0 saturated heterocycles. The molecule has 0 bridgehead atoms. The van der Waals surface area contributed by atoms with Crippen molar-refractivity contribution in [3.05, 3.63) is 59.5 Å². The molecular weight excluding hydrogens is 525 g/mol. The third kappa shape index (κ3) is 7.02. The summed E-state index contributed by atoms with van der Waals surface area (Å²) >= 11 is 1.54. The Hall–Kier alpha value is -3.31. The summed E-state index contributed by atoms with van der Waals surface area (Å²) in [5.41, 5.74) is 2.34. The molecule has 0 radical (unpaired) electrons. The lowest BCUT2D eigenvalue weighted by atomic mass is 10.1. The summed E-state index contributed by atoms with van der Waals surface area (Å²) in [6, 6.07) is 7.10. The monoisotopic (exact) mass is 556 g/mol. The second-order valence-corrected chi connectivity index (χ2v) is 11.1. The van der Waals surface area contributed by atoms with E-state index in [1.807, 2.05) is 13.0 Å². The van der Waals surface area contributed by atoms with Crippen molar-refractivity contribution in [2.45, 2.75) is 64.2 Å². The van der Waals surface area contributed by atoms with Gasteiger partial charge in [0.2, 0.25) is 5.95 Å².